The largest absolute Gasteiger partial charge is 0.350 e. The number of fused-ring (bicyclic) bond motifs is 3. The van der Waals surface area contributed by atoms with Gasteiger partial charge in [0.25, 0.3) is 5.56 Å². The predicted octanol–water partition coefficient (Wildman–Crippen LogP) is 3.07. The summed E-state index contributed by atoms with van der Waals surface area (Å²) in [6.07, 6.45) is 1.69. The highest BCUT2D eigenvalue weighted by Gasteiger charge is 2.23. The number of benzene rings is 2. The van der Waals surface area contributed by atoms with Gasteiger partial charge in [0.15, 0.2) is 0 Å². The molecule has 1 atom stereocenters. The van der Waals surface area contributed by atoms with Crippen LogP contribution in [0.1, 0.15) is 24.1 Å². The molecule has 0 saturated heterocycles. The molecule has 4 aromatic rings. The van der Waals surface area contributed by atoms with Crippen LogP contribution in [0.2, 0.25) is 0 Å². The summed E-state index contributed by atoms with van der Waals surface area (Å²) >= 11 is 0. The minimum Gasteiger partial charge on any atom is -0.350 e. The zero-order valence-corrected chi connectivity index (χ0v) is 16.1. The van der Waals surface area contributed by atoms with Gasteiger partial charge >= 0.3 is 0 Å². The molecule has 0 aliphatic rings. The molecule has 0 unspecified atom stereocenters. The molecule has 6 nitrogen and oxygen atoms in total. The Morgan fingerprint density at radius 1 is 1.11 bits per heavy atom. The van der Waals surface area contributed by atoms with Crippen LogP contribution in [0, 0.1) is 6.92 Å². The van der Waals surface area contributed by atoms with E-state index in [2.05, 4.69) is 10.4 Å². The number of rotatable bonds is 4. The zero-order valence-electron chi connectivity index (χ0n) is 16.1. The standard InChI is InChI=1S/C22H22N4O2/c1-14-8-10-16(11-9-14)12-23-21(27)15(2)26-19-7-5-4-6-17(19)18-13-24-25(3)22(28)20(18)26/h4-11,13,15H,12H2,1-3H3,(H,23,27)/t15-/m1/s1. The topological polar surface area (TPSA) is 68.9 Å². The summed E-state index contributed by atoms with van der Waals surface area (Å²) in [7, 11) is 1.62. The molecule has 142 valence electrons. The van der Waals surface area contributed by atoms with Gasteiger partial charge in [-0.2, -0.15) is 5.10 Å². The summed E-state index contributed by atoms with van der Waals surface area (Å²) in [4.78, 5) is 25.7. The lowest BCUT2D eigenvalue weighted by Gasteiger charge is -2.16. The zero-order chi connectivity index (χ0) is 19.8. The molecule has 28 heavy (non-hydrogen) atoms. The van der Waals surface area contributed by atoms with Gasteiger partial charge in [0.1, 0.15) is 11.6 Å². The molecule has 2 aromatic carbocycles. The molecule has 0 aliphatic heterocycles. The number of nitrogens with one attached hydrogen (secondary N) is 1. The molecular formula is C22H22N4O2. The molecule has 2 heterocycles. The minimum absolute atomic E-state index is 0.137. The minimum atomic E-state index is -0.539. The number of aromatic nitrogens is 3. The highest BCUT2D eigenvalue weighted by Crippen LogP contribution is 2.29. The van der Waals surface area contributed by atoms with Crippen molar-refractivity contribution in [2.75, 3.05) is 0 Å². The van der Waals surface area contributed by atoms with Gasteiger partial charge in [-0.05, 0) is 25.5 Å². The van der Waals surface area contributed by atoms with Crippen LogP contribution >= 0.6 is 0 Å². The van der Waals surface area contributed by atoms with Crippen molar-refractivity contribution in [3.05, 3.63) is 76.2 Å². The van der Waals surface area contributed by atoms with E-state index in [4.69, 9.17) is 0 Å². The summed E-state index contributed by atoms with van der Waals surface area (Å²) in [5.74, 6) is -0.137. The van der Waals surface area contributed by atoms with Gasteiger partial charge in [-0.1, -0.05) is 48.0 Å². The second-order valence-corrected chi connectivity index (χ2v) is 7.10. The summed E-state index contributed by atoms with van der Waals surface area (Å²) in [5, 5.41) is 8.81. The third kappa shape index (κ3) is 2.97. The lowest BCUT2D eigenvalue weighted by atomic mass is 10.1. The first kappa shape index (κ1) is 18.0. The first-order valence-corrected chi connectivity index (χ1v) is 9.25. The van der Waals surface area contributed by atoms with Crippen LogP contribution in [-0.2, 0) is 18.4 Å². The van der Waals surface area contributed by atoms with Gasteiger partial charge in [-0.3, -0.25) is 9.59 Å². The van der Waals surface area contributed by atoms with E-state index in [1.165, 1.54) is 10.2 Å². The van der Waals surface area contributed by atoms with E-state index < -0.39 is 6.04 Å². The van der Waals surface area contributed by atoms with E-state index in [-0.39, 0.29) is 11.5 Å². The molecule has 2 aromatic heterocycles. The number of nitrogens with zero attached hydrogens (tertiary/aromatic N) is 3. The Labute approximate surface area is 162 Å². The molecule has 4 rings (SSSR count). The van der Waals surface area contributed by atoms with E-state index >= 15 is 0 Å². The molecule has 1 N–H and O–H groups in total. The van der Waals surface area contributed by atoms with Crippen molar-refractivity contribution in [3.63, 3.8) is 0 Å². The van der Waals surface area contributed by atoms with Crippen molar-refractivity contribution in [3.8, 4) is 0 Å². The summed E-state index contributed by atoms with van der Waals surface area (Å²) in [5.41, 5.74) is 3.34. The van der Waals surface area contributed by atoms with Gasteiger partial charge < -0.3 is 9.88 Å². The average molecular weight is 374 g/mol. The second kappa shape index (κ2) is 6.96. The van der Waals surface area contributed by atoms with Crippen LogP contribution in [0.4, 0.5) is 0 Å². The normalized spacial score (nSPS) is 12.4. The lowest BCUT2D eigenvalue weighted by molar-refractivity contribution is -0.123. The van der Waals surface area contributed by atoms with Crippen molar-refractivity contribution in [2.24, 2.45) is 7.05 Å². The fourth-order valence-electron chi connectivity index (χ4n) is 3.55. The van der Waals surface area contributed by atoms with Crippen LogP contribution in [0.5, 0.6) is 0 Å². The van der Waals surface area contributed by atoms with Gasteiger partial charge in [-0.25, -0.2) is 4.68 Å². The summed E-state index contributed by atoms with van der Waals surface area (Å²) in [6, 6.07) is 15.2. The van der Waals surface area contributed by atoms with Gasteiger partial charge in [0, 0.05) is 24.4 Å². The van der Waals surface area contributed by atoms with Crippen LogP contribution < -0.4 is 10.9 Å². The van der Waals surface area contributed by atoms with E-state index in [9.17, 15) is 9.59 Å². The molecule has 0 spiro atoms. The Balaban J connectivity index is 1.74. The van der Waals surface area contributed by atoms with Crippen molar-refractivity contribution in [1.29, 1.82) is 0 Å². The smallest absolute Gasteiger partial charge is 0.291 e. The summed E-state index contributed by atoms with van der Waals surface area (Å²) in [6.45, 7) is 4.29. The number of hydrogen-bond acceptors (Lipinski definition) is 3. The summed E-state index contributed by atoms with van der Waals surface area (Å²) < 4.78 is 3.12. The molecule has 0 aliphatic carbocycles. The van der Waals surface area contributed by atoms with Gasteiger partial charge in [0.2, 0.25) is 5.91 Å². The van der Waals surface area contributed by atoms with E-state index in [0.29, 0.717) is 12.1 Å². The van der Waals surface area contributed by atoms with E-state index in [1.54, 1.807) is 13.2 Å². The maximum absolute atomic E-state index is 12.9. The SMILES string of the molecule is Cc1ccc(CNC(=O)[C@@H](C)n2c3ccccc3c3cnn(C)c(=O)c32)cc1. The van der Waals surface area contributed by atoms with E-state index in [0.717, 1.165) is 21.9 Å². The van der Waals surface area contributed by atoms with E-state index in [1.807, 2.05) is 66.9 Å². The van der Waals surface area contributed by atoms with Crippen molar-refractivity contribution in [1.82, 2.24) is 19.7 Å². The average Bonchev–Trinajstić information content (AvgIpc) is 3.04. The fraction of sp³-hybridized carbons (Fsp3) is 0.227. The maximum Gasteiger partial charge on any atom is 0.291 e. The highest BCUT2D eigenvalue weighted by atomic mass is 16.2. The molecule has 6 heteroatoms. The maximum atomic E-state index is 12.9. The van der Waals surface area contributed by atoms with Crippen molar-refractivity contribution in [2.45, 2.75) is 26.4 Å². The second-order valence-electron chi connectivity index (χ2n) is 7.10. The Hall–Kier alpha value is -3.41. The van der Waals surface area contributed by atoms with Crippen molar-refractivity contribution >= 4 is 27.7 Å². The van der Waals surface area contributed by atoms with Crippen molar-refractivity contribution < 1.29 is 4.79 Å². The third-order valence-electron chi connectivity index (χ3n) is 5.16. The Morgan fingerprint density at radius 2 is 1.82 bits per heavy atom. The van der Waals surface area contributed by atoms with Crippen LogP contribution in [0.25, 0.3) is 21.8 Å². The quantitative estimate of drug-likeness (QED) is 0.597. The number of amides is 1. The van der Waals surface area contributed by atoms with Crippen LogP contribution in [0.15, 0.2) is 59.5 Å². The Morgan fingerprint density at radius 3 is 2.57 bits per heavy atom. The fourth-order valence-corrected chi connectivity index (χ4v) is 3.55. The molecular weight excluding hydrogens is 352 g/mol. The Kier molecular flexibility index (Phi) is 4.47. The number of carbonyl (C=O) groups is 1. The molecule has 0 fully saturated rings. The highest BCUT2D eigenvalue weighted by molar-refractivity contribution is 6.08. The lowest BCUT2D eigenvalue weighted by Crippen LogP contribution is -2.32. The van der Waals surface area contributed by atoms with Gasteiger partial charge in [0.05, 0.1) is 11.7 Å². The number of carbonyl (C=O) groups excluding carboxylic acids is 1. The first-order chi connectivity index (χ1) is 13.5. The molecule has 0 saturated carbocycles. The third-order valence-corrected chi connectivity index (χ3v) is 5.16. The molecule has 1 amide bonds. The van der Waals surface area contributed by atoms with Crippen LogP contribution in [0.3, 0.4) is 0 Å². The first-order valence-electron chi connectivity index (χ1n) is 9.25. The number of para-hydroxylation sites is 1. The van der Waals surface area contributed by atoms with Crippen LogP contribution in [-0.4, -0.2) is 20.3 Å². The number of hydrogen-bond donors (Lipinski definition) is 1. The molecule has 0 radical (unpaired) electrons. The molecule has 0 bridgehead atoms. The van der Waals surface area contributed by atoms with Gasteiger partial charge in [-0.15, -0.1) is 0 Å². The predicted molar refractivity (Wildman–Crippen MR) is 110 cm³/mol. The Bertz CT molecular complexity index is 1240. The number of aryl methyl sites for hydroxylation is 2. The monoisotopic (exact) mass is 374 g/mol.